The average Bonchev–Trinajstić information content (AvgIpc) is 2.99. The molecule has 0 aromatic heterocycles. The third-order valence-corrected chi connectivity index (χ3v) is 7.30. The summed E-state index contributed by atoms with van der Waals surface area (Å²) in [5.74, 6) is -1.79. The summed E-state index contributed by atoms with van der Waals surface area (Å²) >= 11 is 0. The van der Waals surface area contributed by atoms with Gasteiger partial charge in [0.05, 0.1) is 4.90 Å². The van der Waals surface area contributed by atoms with Crippen molar-refractivity contribution >= 4 is 21.7 Å². The molecule has 0 saturated heterocycles. The van der Waals surface area contributed by atoms with E-state index in [0.717, 1.165) is 10.5 Å². The van der Waals surface area contributed by atoms with E-state index in [1.165, 1.54) is 7.05 Å². The highest BCUT2D eigenvalue weighted by Crippen LogP contribution is 2.42. The van der Waals surface area contributed by atoms with Gasteiger partial charge in [0.15, 0.2) is 14.6 Å². The first-order valence-electron chi connectivity index (χ1n) is 7.91. The normalized spacial score (nSPS) is 16.8. The van der Waals surface area contributed by atoms with E-state index >= 15 is 0 Å². The molecule has 0 spiro atoms. The molecule has 0 heterocycles. The van der Waals surface area contributed by atoms with Crippen LogP contribution in [-0.2, 0) is 19.4 Å². The van der Waals surface area contributed by atoms with Crippen LogP contribution in [-0.4, -0.2) is 48.6 Å². The van der Waals surface area contributed by atoms with E-state index in [0.29, 0.717) is 18.4 Å². The van der Waals surface area contributed by atoms with Gasteiger partial charge in [-0.3, -0.25) is 9.59 Å². The van der Waals surface area contributed by atoms with Gasteiger partial charge in [-0.05, 0) is 43.9 Å². The van der Waals surface area contributed by atoms with Crippen LogP contribution in [0.4, 0.5) is 0 Å². The monoisotopic (exact) mass is 353 g/mol. The molecule has 1 aliphatic rings. The van der Waals surface area contributed by atoms with Gasteiger partial charge >= 0.3 is 5.97 Å². The summed E-state index contributed by atoms with van der Waals surface area (Å²) in [5.41, 5.74) is 1.40. The molecule has 6 nitrogen and oxygen atoms in total. The quantitative estimate of drug-likeness (QED) is 0.873. The van der Waals surface area contributed by atoms with Crippen molar-refractivity contribution in [1.29, 1.82) is 0 Å². The van der Waals surface area contributed by atoms with Gasteiger partial charge in [0.25, 0.3) is 0 Å². The number of hydrogen-bond donors (Lipinski definition) is 1. The molecular weight excluding hydrogens is 330 g/mol. The number of sulfone groups is 1. The first-order chi connectivity index (χ1) is 11.1. The van der Waals surface area contributed by atoms with Crippen LogP contribution in [0.15, 0.2) is 23.1 Å². The number of benzene rings is 1. The van der Waals surface area contributed by atoms with Gasteiger partial charge < -0.3 is 10.0 Å². The van der Waals surface area contributed by atoms with Crippen LogP contribution in [0.3, 0.4) is 0 Å². The summed E-state index contributed by atoms with van der Waals surface area (Å²) < 4.78 is 25.2. The second-order valence-electron chi connectivity index (χ2n) is 6.53. The van der Waals surface area contributed by atoms with Crippen LogP contribution in [0.5, 0.6) is 0 Å². The highest BCUT2D eigenvalue weighted by molar-refractivity contribution is 7.93. The summed E-state index contributed by atoms with van der Waals surface area (Å²) in [5, 5.41) is 8.92. The minimum atomic E-state index is -3.92. The lowest BCUT2D eigenvalue weighted by atomic mass is 10.1. The number of carbonyl (C=O) groups is 2. The Bertz CT molecular complexity index is 763. The van der Waals surface area contributed by atoms with E-state index in [2.05, 4.69) is 0 Å². The predicted octanol–water partition coefficient (Wildman–Crippen LogP) is 1.93. The van der Waals surface area contributed by atoms with Crippen LogP contribution >= 0.6 is 0 Å². The molecule has 2 rings (SSSR count). The van der Waals surface area contributed by atoms with Crippen LogP contribution in [0.2, 0.25) is 0 Å². The van der Waals surface area contributed by atoms with Crippen LogP contribution in [0.25, 0.3) is 0 Å². The summed E-state index contributed by atoms with van der Waals surface area (Å²) in [6, 6.07) is 5.15. The molecule has 0 aliphatic heterocycles. The molecule has 1 saturated carbocycles. The number of hydrogen-bond acceptors (Lipinski definition) is 4. The molecule has 1 aromatic rings. The van der Waals surface area contributed by atoms with Crippen LogP contribution < -0.4 is 0 Å². The number of aryl methyl sites for hydroxylation is 2. The lowest BCUT2D eigenvalue weighted by Gasteiger charge is -2.32. The second kappa shape index (κ2) is 6.55. The Hall–Kier alpha value is -1.89. The van der Waals surface area contributed by atoms with Crippen molar-refractivity contribution in [3.8, 4) is 0 Å². The molecule has 1 aliphatic carbocycles. The van der Waals surface area contributed by atoms with Crippen molar-refractivity contribution < 1.29 is 23.1 Å². The molecule has 132 valence electrons. The van der Waals surface area contributed by atoms with Gasteiger partial charge in [0.1, 0.15) is 6.54 Å². The van der Waals surface area contributed by atoms with E-state index in [1.54, 1.807) is 26.0 Å². The number of nitrogens with zero attached hydrogens (tertiary/aromatic N) is 1. The zero-order valence-electron chi connectivity index (χ0n) is 14.2. The third kappa shape index (κ3) is 3.05. The number of carboxylic acids is 1. The molecule has 0 atom stereocenters. The van der Waals surface area contributed by atoms with Crippen molar-refractivity contribution in [2.24, 2.45) is 0 Å². The highest BCUT2D eigenvalue weighted by atomic mass is 32.2. The maximum absolute atomic E-state index is 13.4. The maximum atomic E-state index is 13.4. The smallest absolute Gasteiger partial charge is 0.323 e. The summed E-state index contributed by atoms with van der Waals surface area (Å²) in [7, 11) is -2.58. The molecule has 1 fully saturated rings. The number of carboxylic acid groups (broad SMARTS) is 1. The van der Waals surface area contributed by atoms with E-state index in [-0.39, 0.29) is 17.7 Å². The van der Waals surface area contributed by atoms with Crippen molar-refractivity contribution in [3.63, 3.8) is 0 Å². The van der Waals surface area contributed by atoms with E-state index in [9.17, 15) is 18.0 Å². The lowest BCUT2D eigenvalue weighted by Crippen LogP contribution is -2.52. The Morgan fingerprint density at radius 3 is 2.33 bits per heavy atom. The summed E-state index contributed by atoms with van der Waals surface area (Å²) in [6.07, 6.45) is 1.73. The Morgan fingerprint density at radius 1 is 1.21 bits per heavy atom. The fraction of sp³-hybridized carbons (Fsp3) is 0.529. The summed E-state index contributed by atoms with van der Waals surface area (Å²) in [4.78, 5) is 25.0. The van der Waals surface area contributed by atoms with Gasteiger partial charge in [-0.15, -0.1) is 0 Å². The number of carbonyl (C=O) groups excluding carboxylic acids is 1. The Balaban J connectivity index is 2.55. The molecular formula is C17H23NO5S. The molecule has 24 heavy (non-hydrogen) atoms. The fourth-order valence-electron chi connectivity index (χ4n) is 3.37. The summed E-state index contributed by atoms with van der Waals surface area (Å²) in [6.45, 7) is 3.00. The standard InChI is InChI=1S/C17H23NO5S/c1-12-6-7-13(2)14(10-12)24(22,23)17(8-4-5-9-17)16(21)18(3)11-15(19)20/h6-7,10H,4-5,8-9,11H2,1-3H3,(H,19,20). The SMILES string of the molecule is Cc1ccc(C)c(S(=O)(=O)C2(C(=O)N(C)CC(=O)O)CCCC2)c1. The minimum Gasteiger partial charge on any atom is -0.480 e. The number of amides is 1. The number of likely N-dealkylation sites (N-methyl/N-ethyl adjacent to an activating group) is 1. The minimum absolute atomic E-state index is 0.168. The molecule has 0 bridgehead atoms. The van der Waals surface area contributed by atoms with Crippen LogP contribution in [0.1, 0.15) is 36.8 Å². The predicted molar refractivity (Wildman–Crippen MR) is 89.6 cm³/mol. The average molecular weight is 353 g/mol. The van der Waals surface area contributed by atoms with Crippen LogP contribution in [0, 0.1) is 13.8 Å². The largest absolute Gasteiger partial charge is 0.480 e. The van der Waals surface area contributed by atoms with Gasteiger partial charge in [-0.2, -0.15) is 0 Å². The Morgan fingerprint density at radius 2 is 1.79 bits per heavy atom. The molecule has 1 aromatic carbocycles. The number of aliphatic carboxylic acids is 1. The molecule has 1 N–H and O–H groups in total. The van der Waals surface area contributed by atoms with Gasteiger partial charge in [0, 0.05) is 7.05 Å². The van der Waals surface area contributed by atoms with Gasteiger partial charge in [0.2, 0.25) is 5.91 Å². The van der Waals surface area contributed by atoms with E-state index in [4.69, 9.17) is 5.11 Å². The zero-order valence-corrected chi connectivity index (χ0v) is 15.0. The second-order valence-corrected chi connectivity index (χ2v) is 8.76. The van der Waals surface area contributed by atoms with Crippen molar-refractivity contribution in [3.05, 3.63) is 29.3 Å². The van der Waals surface area contributed by atoms with E-state index in [1.807, 2.05) is 6.07 Å². The highest BCUT2D eigenvalue weighted by Gasteiger charge is 2.54. The topological polar surface area (TPSA) is 91.8 Å². The van der Waals surface area contributed by atoms with Gasteiger partial charge in [-0.25, -0.2) is 8.42 Å². The molecule has 1 amide bonds. The first-order valence-corrected chi connectivity index (χ1v) is 9.39. The first kappa shape index (κ1) is 18.4. The number of rotatable bonds is 5. The molecule has 0 unspecified atom stereocenters. The molecule has 0 radical (unpaired) electrons. The van der Waals surface area contributed by atoms with Gasteiger partial charge in [-0.1, -0.05) is 25.0 Å². The van der Waals surface area contributed by atoms with Crippen molar-refractivity contribution in [2.75, 3.05) is 13.6 Å². The Labute approximate surface area is 142 Å². The van der Waals surface area contributed by atoms with Crippen molar-refractivity contribution in [1.82, 2.24) is 4.90 Å². The molecule has 7 heteroatoms. The zero-order chi connectivity index (χ0) is 18.1. The maximum Gasteiger partial charge on any atom is 0.323 e. The lowest BCUT2D eigenvalue weighted by molar-refractivity contribution is -0.144. The van der Waals surface area contributed by atoms with Crippen molar-refractivity contribution in [2.45, 2.75) is 49.2 Å². The third-order valence-electron chi connectivity index (χ3n) is 4.67. The Kier molecular flexibility index (Phi) is 5.03. The van der Waals surface area contributed by atoms with E-state index < -0.39 is 33.0 Å². The fourth-order valence-corrected chi connectivity index (χ4v) is 5.84.